The Kier molecular flexibility index (Phi) is 6.59. The molecule has 170 valence electrons. The van der Waals surface area contributed by atoms with Crippen LogP contribution in [0.1, 0.15) is 27.0 Å². The Labute approximate surface area is 203 Å². The number of hydrogen-bond donors (Lipinski definition) is 1. The zero-order valence-corrected chi connectivity index (χ0v) is 19.9. The number of halogens is 1. The highest BCUT2D eigenvalue weighted by Crippen LogP contribution is 2.38. The van der Waals surface area contributed by atoms with Crippen molar-refractivity contribution < 1.29 is 14.5 Å². The number of carbonyl (C=O) groups is 2. The molecule has 2 heterocycles. The molecule has 4 rings (SSSR count). The molecule has 0 bridgehead atoms. The average molecular weight is 503 g/mol. The van der Waals surface area contributed by atoms with Crippen molar-refractivity contribution in [3.05, 3.63) is 68.0 Å². The second-order valence-electron chi connectivity index (χ2n) is 7.53. The number of non-ortho nitro benzene ring substituents is 1. The Bertz CT molecular complexity index is 1270. The molecule has 33 heavy (non-hydrogen) atoms. The minimum Gasteiger partial charge on any atom is -0.345 e. The van der Waals surface area contributed by atoms with E-state index in [-0.39, 0.29) is 17.4 Å². The Morgan fingerprint density at radius 3 is 2.33 bits per heavy atom. The Hall–Kier alpha value is -3.08. The van der Waals surface area contributed by atoms with E-state index in [4.69, 9.17) is 23.8 Å². The van der Waals surface area contributed by atoms with Crippen molar-refractivity contribution in [2.45, 2.75) is 6.92 Å². The quantitative estimate of drug-likeness (QED) is 0.236. The van der Waals surface area contributed by atoms with Crippen molar-refractivity contribution in [3.63, 3.8) is 0 Å². The van der Waals surface area contributed by atoms with Crippen LogP contribution in [-0.4, -0.2) is 57.7 Å². The van der Waals surface area contributed by atoms with Gasteiger partial charge in [0.25, 0.3) is 11.6 Å². The number of piperazine rings is 1. The fraction of sp³-hybridized carbons (Fsp3) is 0.227. The van der Waals surface area contributed by atoms with Gasteiger partial charge in [-0.15, -0.1) is 11.3 Å². The molecule has 3 aromatic rings. The molecule has 1 amide bonds. The molecular formula is C22H19ClN4O4S2. The zero-order chi connectivity index (χ0) is 23.7. The number of benzene rings is 2. The Morgan fingerprint density at radius 1 is 1.09 bits per heavy atom. The predicted molar refractivity (Wildman–Crippen MR) is 134 cm³/mol. The van der Waals surface area contributed by atoms with Gasteiger partial charge in [-0.1, -0.05) is 11.6 Å². The zero-order valence-electron chi connectivity index (χ0n) is 17.5. The van der Waals surface area contributed by atoms with Gasteiger partial charge in [0.05, 0.1) is 9.95 Å². The number of rotatable bonds is 4. The summed E-state index contributed by atoms with van der Waals surface area (Å²) in [6.45, 7) is 3.56. The second kappa shape index (κ2) is 9.42. The summed E-state index contributed by atoms with van der Waals surface area (Å²) < 4.78 is 0.609. The molecule has 0 spiro atoms. The normalized spacial score (nSPS) is 13.8. The highest BCUT2D eigenvalue weighted by atomic mass is 35.5. The highest BCUT2D eigenvalue weighted by molar-refractivity contribution is 7.80. The summed E-state index contributed by atoms with van der Waals surface area (Å²) in [6.07, 6.45) is 0. The molecule has 0 atom stereocenters. The van der Waals surface area contributed by atoms with Crippen LogP contribution in [0.2, 0.25) is 5.02 Å². The first-order valence-corrected chi connectivity index (χ1v) is 11.7. The van der Waals surface area contributed by atoms with E-state index in [2.05, 4.69) is 5.32 Å². The lowest BCUT2D eigenvalue weighted by molar-refractivity contribution is -0.384. The molecule has 1 fully saturated rings. The molecule has 2 aromatic carbocycles. The Morgan fingerprint density at radius 2 is 1.73 bits per heavy atom. The number of anilines is 1. The van der Waals surface area contributed by atoms with E-state index in [9.17, 15) is 19.7 Å². The number of thiophene rings is 1. The van der Waals surface area contributed by atoms with Crippen LogP contribution < -0.4 is 5.32 Å². The van der Waals surface area contributed by atoms with Crippen LogP contribution in [0.4, 0.5) is 11.4 Å². The van der Waals surface area contributed by atoms with Gasteiger partial charge < -0.3 is 15.1 Å². The molecule has 11 heteroatoms. The number of thiocarbonyl (C=S) groups is 1. The topological polar surface area (TPSA) is 95.8 Å². The number of nitrogens with one attached hydrogen (secondary N) is 1. The predicted octanol–water partition coefficient (Wildman–Crippen LogP) is 4.82. The van der Waals surface area contributed by atoms with Gasteiger partial charge in [-0.3, -0.25) is 19.7 Å². The molecule has 1 aromatic heterocycles. The van der Waals surface area contributed by atoms with Crippen LogP contribution in [0.5, 0.6) is 0 Å². The standard InChI is InChI=1S/C22H19ClN4O4S2/c1-13(28)14-2-4-15(5-3-14)24-22(32)26-10-8-25(9-11-26)21(29)20-19(23)17-7-6-16(27(30)31)12-18(17)33-20/h2-7,12H,8-11H2,1H3,(H,24,32). The van der Waals surface area contributed by atoms with E-state index in [1.54, 1.807) is 35.2 Å². The van der Waals surface area contributed by atoms with E-state index >= 15 is 0 Å². The molecule has 1 saturated heterocycles. The third-order valence-electron chi connectivity index (χ3n) is 5.41. The van der Waals surface area contributed by atoms with Gasteiger partial charge in [-0.25, -0.2) is 0 Å². The van der Waals surface area contributed by atoms with Crippen LogP contribution in [0.15, 0.2) is 42.5 Å². The lowest BCUT2D eigenvalue weighted by Crippen LogP contribution is -2.51. The third kappa shape index (κ3) is 4.82. The minimum atomic E-state index is -0.470. The SMILES string of the molecule is CC(=O)c1ccc(NC(=S)N2CCN(C(=O)c3sc4cc([N+](=O)[O-])ccc4c3Cl)CC2)cc1. The summed E-state index contributed by atoms with van der Waals surface area (Å²) in [5.74, 6) is -0.191. The number of fused-ring (bicyclic) bond motifs is 1. The molecule has 0 aliphatic carbocycles. The van der Waals surface area contributed by atoms with Crippen LogP contribution >= 0.6 is 35.2 Å². The summed E-state index contributed by atoms with van der Waals surface area (Å²) in [6, 6.07) is 11.5. The summed E-state index contributed by atoms with van der Waals surface area (Å²) in [4.78, 5) is 39.1. The van der Waals surface area contributed by atoms with Crippen molar-refractivity contribution in [1.29, 1.82) is 0 Å². The van der Waals surface area contributed by atoms with Gasteiger partial charge in [-0.2, -0.15) is 0 Å². The maximum Gasteiger partial charge on any atom is 0.270 e. The van der Waals surface area contributed by atoms with E-state index in [0.29, 0.717) is 56.8 Å². The molecule has 1 aliphatic rings. The minimum absolute atomic E-state index is 0.00174. The van der Waals surface area contributed by atoms with Crippen molar-refractivity contribution in [2.24, 2.45) is 0 Å². The fourth-order valence-corrected chi connectivity index (χ4v) is 5.37. The molecule has 0 saturated carbocycles. The van der Waals surface area contributed by atoms with Gasteiger partial charge in [-0.05, 0) is 49.5 Å². The average Bonchev–Trinajstić information content (AvgIpc) is 3.14. The Balaban J connectivity index is 1.39. The number of Topliss-reactive ketones (excluding diaryl/α,β-unsaturated/α-hetero) is 1. The number of nitro groups is 1. The molecule has 1 aliphatic heterocycles. The van der Waals surface area contributed by atoms with E-state index < -0.39 is 4.92 Å². The van der Waals surface area contributed by atoms with Crippen LogP contribution in [0, 0.1) is 10.1 Å². The molecular weight excluding hydrogens is 484 g/mol. The largest absolute Gasteiger partial charge is 0.345 e. The van der Waals surface area contributed by atoms with E-state index in [1.807, 2.05) is 4.90 Å². The van der Waals surface area contributed by atoms with Gasteiger partial charge in [0.15, 0.2) is 10.9 Å². The fourth-order valence-electron chi connectivity index (χ4n) is 3.55. The van der Waals surface area contributed by atoms with Gasteiger partial charge >= 0.3 is 0 Å². The highest BCUT2D eigenvalue weighted by Gasteiger charge is 2.27. The number of amides is 1. The first-order chi connectivity index (χ1) is 15.7. The van der Waals surface area contributed by atoms with Crippen LogP contribution in [0.25, 0.3) is 10.1 Å². The van der Waals surface area contributed by atoms with Gasteiger partial charge in [0.1, 0.15) is 4.88 Å². The van der Waals surface area contributed by atoms with Crippen molar-refractivity contribution >= 4 is 73.4 Å². The number of carbonyl (C=O) groups excluding carboxylic acids is 2. The van der Waals surface area contributed by atoms with Crippen LogP contribution in [0.3, 0.4) is 0 Å². The first-order valence-electron chi connectivity index (χ1n) is 10.1. The first kappa shape index (κ1) is 23.1. The molecule has 1 N–H and O–H groups in total. The smallest absolute Gasteiger partial charge is 0.270 e. The maximum atomic E-state index is 13.1. The second-order valence-corrected chi connectivity index (χ2v) is 9.34. The lowest BCUT2D eigenvalue weighted by atomic mass is 10.1. The molecule has 8 nitrogen and oxygen atoms in total. The molecule has 0 unspecified atom stereocenters. The van der Waals surface area contributed by atoms with Crippen molar-refractivity contribution in [2.75, 3.05) is 31.5 Å². The number of hydrogen-bond acceptors (Lipinski definition) is 6. The summed E-state index contributed by atoms with van der Waals surface area (Å²) in [7, 11) is 0. The summed E-state index contributed by atoms with van der Waals surface area (Å²) in [5, 5.41) is 15.7. The monoisotopic (exact) mass is 502 g/mol. The van der Waals surface area contributed by atoms with E-state index in [1.165, 1.54) is 30.4 Å². The molecule has 0 radical (unpaired) electrons. The van der Waals surface area contributed by atoms with Crippen LogP contribution in [-0.2, 0) is 0 Å². The number of nitrogens with zero attached hydrogens (tertiary/aromatic N) is 3. The number of nitro benzene ring substituents is 1. The van der Waals surface area contributed by atoms with Gasteiger partial charge in [0, 0.05) is 59.6 Å². The van der Waals surface area contributed by atoms with Crippen molar-refractivity contribution in [3.8, 4) is 0 Å². The lowest BCUT2D eigenvalue weighted by Gasteiger charge is -2.36. The maximum absolute atomic E-state index is 13.1. The number of ketones is 1. The summed E-state index contributed by atoms with van der Waals surface area (Å²) >= 11 is 13.1. The third-order valence-corrected chi connectivity index (χ3v) is 7.42. The van der Waals surface area contributed by atoms with Crippen molar-refractivity contribution in [1.82, 2.24) is 9.80 Å². The van der Waals surface area contributed by atoms with E-state index in [0.717, 1.165) is 5.69 Å². The summed E-state index contributed by atoms with van der Waals surface area (Å²) in [5.41, 5.74) is 1.38. The van der Waals surface area contributed by atoms with Gasteiger partial charge in [0.2, 0.25) is 0 Å².